The second-order valence-electron chi connectivity index (χ2n) is 4.91. The zero-order chi connectivity index (χ0) is 12.3. The van der Waals surface area contributed by atoms with Gasteiger partial charge in [-0.25, -0.2) is 0 Å². The van der Waals surface area contributed by atoms with E-state index < -0.39 is 0 Å². The van der Waals surface area contributed by atoms with Crippen molar-refractivity contribution in [2.75, 3.05) is 32.7 Å². The van der Waals surface area contributed by atoms with Crippen LogP contribution >= 0.6 is 0 Å². The van der Waals surface area contributed by atoms with E-state index in [4.69, 9.17) is 0 Å². The lowest BCUT2D eigenvalue weighted by molar-refractivity contribution is 0.0803. The average molecular weight is 235 g/mol. The van der Waals surface area contributed by atoms with Crippen LogP contribution in [0.3, 0.4) is 0 Å². The Hall–Kier alpha value is -1.13. The number of ketones is 1. The molecule has 0 atom stereocenters. The van der Waals surface area contributed by atoms with Crippen molar-refractivity contribution >= 4 is 5.78 Å². The second kappa shape index (κ2) is 5.47. The van der Waals surface area contributed by atoms with E-state index in [0.717, 1.165) is 31.9 Å². The van der Waals surface area contributed by atoms with Crippen LogP contribution < -0.4 is 0 Å². The topological polar surface area (TPSA) is 39.3 Å². The van der Waals surface area contributed by atoms with Crippen LogP contribution in [0.25, 0.3) is 0 Å². The number of hydrogen-bond acceptors (Lipinski definition) is 3. The number of nitrogens with zero attached hydrogens (tertiary/aromatic N) is 2. The molecule has 2 heterocycles. The van der Waals surface area contributed by atoms with Crippen LogP contribution in [0.1, 0.15) is 24.3 Å². The molecule has 2 rings (SSSR count). The lowest BCUT2D eigenvalue weighted by Crippen LogP contribution is -2.50. The summed E-state index contributed by atoms with van der Waals surface area (Å²) < 4.78 is 0. The van der Waals surface area contributed by atoms with Gasteiger partial charge in [0.25, 0.3) is 0 Å². The van der Waals surface area contributed by atoms with Crippen molar-refractivity contribution in [3.8, 4) is 0 Å². The van der Waals surface area contributed by atoms with E-state index in [2.05, 4.69) is 28.6 Å². The highest BCUT2D eigenvalue weighted by Crippen LogP contribution is 2.07. The van der Waals surface area contributed by atoms with Crippen molar-refractivity contribution in [3.63, 3.8) is 0 Å². The number of rotatable bonds is 4. The average Bonchev–Trinajstić information content (AvgIpc) is 2.83. The van der Waals surface area contributed by atoms with Crippen molar-refractivity contribution in [1.29, 1.82) is 0 Å². The maximum atomic E-state index is 11.9. The number of hydrogen-bond donors (Lipinski definition) is 1. The fourth-order valence-electron chi connectivity index (χ4n) is 2.23. The molecule has 0 saturated carbocycles. The zero-order valence-electron chi connectivity index (χ0n) is 10.6. The third-order valence-corrected chi connectivity index (χ3v) is 3.40. The third kappa shape index (κ3) is 3.17. The first kappa shape index (κ1) is 12.3. The molecule has 0 spiro atoms. The molecule has 0 unspecified atom stereocenters. The van der Waals surface area contributed by atoms with Crippen LogP contribution in [-0.2, 0) is 0 Å². The second-order valence-corrected chi connectivity index (χ2v) is 4.91. The molecule has 4 heteroatoms. The van der Waals surface area contributed by atoms with Gasteiger partial charge in [-0.05, 0) is 26.0 Å². The molecule has 1 saturated heterocycles. The Bertz CT molecular complexity index is 351. The van der Waals surface area contributed by atoms with Gasteiger partial charge in [-0.1, -0.05) is 0 Å². The molecule has 0 bridgehead atoms. The van der Waals surface area contributed by atoms with Crippen molar-refractivity contribution in [1.82, 2.24) is 14.8 Å². The molecule has 0 amide bonds. The Labute approximate surface area is 103 Å². The monoisotopic (exact) mass is 235 g/mol. The first-order chi connectivity index (χ1) is 8.16. The van der Waals surface area contributed by atoms with Crippen molar-refractivity contribution in [3.05, 3.63) is 24.0 Å². The lowest BCUT2D eigenvalue weighted by atomic mass is 10.2. The van der Waals surface area contributed by atoms with Gasteiger partial charge in [0.05, 0.1) is 12.2 Å². The fraction of sp³-hybridized carbons (Fsp3) is 0.615. The number of carbonyl (C=O) groups is 1. The number of carbonyl (C=O) groups excluding carboxylic acids is 1. The molecule has 1 aliphatic heterocycles. The summed E-state index contributed by atoms with van der Waals surface area (Å²) >= 11 is 0. The Kier molecular flexibility index (Phi) is 3.97. The fourth-order valence-corrected chi connectivity index (χ4v) is 2.23. The van der Waals surface area contributed by atoms with E-state index in [9.17, 15) is 4.79 Å². The molecular weight excluding hydrogens is 214 g/mol. The molecule has 1 fully saturated rings. The van der Waals surface area contributed by atoms with Crippen LogP contribution in [0.15, 0.2) is 18.3 Å². The van der Waals surface area contributed by atoms with Gasteiger partial charge in [-0.2, -0.15) is 0 Å². The minimum atomic E-state index is 0.188. The molecule has 1 aliphatic rings. The highest BCUT2D eigenvalue weighted by Gasteiger charge is 2.20. The summed E-state index contributed by atoms with van der Waals surface area (Å²) in [4.78, 5) is 19.6. The van der Waals surface area contributed by atoms with E-state index in [1.165, 1.54) is 0 Å². The number of nitrogens with one attached hydrogen (secondary N) is 1. The van der Waals surface area contributed by atoms with Gasteiger partial charge < -0.3 is 4.98 Å². The quantitative estimate of drug-likeness (QED) is 0.798. The van der Waals surface area contributed by atoms with Gasteiger partial charge in [0, 0.05) is 38.4 Å². The highest BCUT2D eigenvalue weighted by atomic mass is 16.1. The SMILES string of the molecule is CC(C)N1CCN(CC(=O)c2ccc[nH]2)CC1. The summed E-state index contributed by atoms with van der Waals surface area (Å²) in [6.07, 6.45) is 1.80. The summed E-state index contributed by atoms with van der Waals surface area (Å²) in [5.41, 5.74) is 0.719. The predicted octanol–water partition coefficient (Wildman–Crippen LogP) is 1.22. The number of H-pyrrole nitrogens is 1. The molecule has 1 aromatic heterocycles. The summed E-state index contributed by atoms with van der Waals surface area (Å²) in [5, 5.41) is 0. The van der Waals surface area contributed by atoms with Crippen molar-refractivity contribution in [2.45, 2.75) is 19.9 Å². The van der Waals surface area contributed by atoms with Crippen LogP contribution in [0.4, 0.5) is 0 Å². The van der Waals surface area contributed by atoms with E-state index in [0.29, 0.717) is 12.6 Å². The standard InChI is InChI=1S/C13H21N3O/c1-11(2)16-8-6-15(7-9-16)10-13(17)12-4-3-5-14-12/h3-5,11,14H,6-10H2,1-2H3. The normalized spacial score (nSPS) is 18.8. The number of aromatic nitrogens is 1. The van der Waals surface area contributed by atoms with Crippen LogP contribution in [0.2, 0.25) is 0 Å². The first-order valence-corrected chi connectivity index (χ1v) is 6.30. The highest BCUT2D eigenvalue weighted by molar-refractivity contribution is 5.95. The maximum absolute atomic E-state index is 11.9. The molecular formula is C13H21N3O. The van der Waals surface area contributed by atoms with Gasteiger partial charge in [0.1, 0.15) is 0 Å². The lowest BCUT2D eigenvalue weighted by Gasteiger charge is -2.36. The van der Waals surface area contributed by atoms with E-state index in [-0.39, 0.29) is 5.78 Å². The summed E-state index contributed by atoms with van der Waals surface area (Å²) in [6.45, 7) is 9.09. The molecule has 17 heavy (non-hydrogen) atoms. The Morgan fingerprint density at radius 3 is 2.59 bits per heavy atom. The molecule has 1 N–H and O–H groups in total. The van der Waals surface area contributed by atoms with Crippen LogP contribution in [0, 0.1) is 0 Å². The number of Topliss-reactive ketones (excluding diaryl/α,β-unsaturated/α-hetero) is 1. The number of aromatic amines is 1. The molecule has 1 aromatic rings. The van der Waals surface area contributed by atoms with Gasteiger partial charge in [-0.3, -0.25) is 14.6 Å². The smallest absolute Gasteiger partial charge is 0.192 e. The third-order valence-electron chi connectivity index (χ3n) is 3.40. The Balaban J connectivity index is 1.80. The van der Waals surface area contributed by atoms with Crippen molar-refractivity contribution < 1.29 is 4.79 Å². The maximum Gasteiger partial charge on any atom is 0.192 e. The van der Waals surface area contributed by atoms with E-state index in [1.54, 1.807) is 6.20 Å². The van der Waals surface area contributed by atoms with Gasteiger partial charge in [-0.15, -0.1) is 0 Å². The molecule has 4 nitrogen and oxygen atoms in total. The number of piperazine rings is 1. The zero-order valence-corrected chi connectivity index (χ0v) is 10.6. The summed E-state index contributed by atoms with van der Waals surface area (Å²) in [5.74, 6) is 0.188. The molecule has 0 radical (unpaired) electrons. The van der Waals surface area contributed by atoms with Crippen LogP contribution in [0.5, 0.6) is 0 Å². The van der Waals surface area contributed by atoms with E-state index >= 15 is 0 Å². The molecule has 94 valence electrons. The summed E-state index contributed by atoms with van der Waals surface area (Å²) in [7, 11) is 0. The van der Waals surface area contributed by atoms with Gasteiger partial charge >= 0.3 is 0 Å². The summed E-state index contributed by atoms with van der Waals surface area (Å²) in [6, 6.07) is 4.31. The van der Waals surface area contributed by atoms with Crippen LogP contribution in [-0.4, -0.2) is 59.3 Å². The van der Waals surface area contributed by atoms with E-state index in [1.807, 2.05) is 12.1 Å². The molecule has 0 aromatic carbocycles. The van der Waals surface area contributed by atoms with Gasteiger partial charge in [0.2, 0.25) is 0 Å². The first-order valence-electron chi connectivity index (χ1n) is 6.30. The minimum absolute atomic E-state index is 0.188. The van der Waals surface area contributed by atoms with Gasteiger partial charge in [0.15, 0.2) is 5.78 Å². The molecule has 0 aliphatic carbocycles. The largest absolute Gasteiger partial charge is 0.359 e. The Morgan fingerprint density at radius 2 is 2.06 bits per heavy atom. The Morgan fingerprint density at radius 1 is 1.35 bits per heavy atom. The van der Waals surface area contributed by atoms with Crippen molar-refractivity contribution in [2.24, 2.45) is 0 Å². The predicted molar refractivity (Wildman–Crippen MR) is 68.3 cm³/mol. The minimum Gasteiger partial charge on any atom is -0.359 e.